The Morgan fingerprint density at radius 3 is 2.44 bits per heavy atom. The van der Waals surface area contributed by atoms with Gasteiger partial charge >= 0.3 is 0 Å². The van der Waals surface area contributed by atoms with Crippen molar-refractivity contribution in [3.8, 4) is 5.75 Å². The molecule has 3 heteroatoms. The van der Waals surface area contributed by atoms with Gasteiger partial charge in [0.25, 0.3) is 0 Å². The minimum atomic E-state index is -0.0479. The van der Waals surface area contributed by atoms with Crippen LogP contribution in [0.1, 0.15) is 64.5 Å². The van der Waals surface area contributed by atoms with Crippen molar-refractivity contribution < 1.29 is 5.11 Å². The summed E-state index contributed by atoms with van der Waals surface area (Å²) >= 11 is 0. The average Bonchev–Trinajstić information content (AvgIpc) is 2.61. The summed E-state index contributed by atoms with van der Waals surface area (Å²) in [4.78, 5) is 0. The molecule has 2 rings (SSSR count). The lowest BCUT2D eigenvalue weighted by atomic mass is 9.86. The summed E-state index contributed by atoms with van der Waals surface area (Å²) in [6.07, 6.45) is 7.86. The van der Waals surface area contributed by atoms with Gasteiger partial charge in [-0.25, -0.2) is 0 Å². The highest BCUT2D eigenvalue weighted by Gasteiger charge is 2.27. The van der Waals surface area contributed by atoms with Crippen LogP contribution in [0, 0.1) is 0 Å². The molecule has 1 fully saturated rings. The van der Waals surface area contributed by atoms with Crippen LogP contribution < -0.4 is 0 Å². The van der Waals surface area contributed by atoms with Crippen LogP contribution in [-0.2, 0) is 5.54 Å². The maximum absolute atomic E-state index is 9.96. The van der Waals surface area contributed by atoms with Crippen LogP contribution in [0.3, 0.4) is 0 Å². The fourth-order valence-corrected chi connectivity index (χ4v) is 2.64. The number of aromatic nitrogens is 2. The van der Waals surface area contributed by atoms with E-state index in [1.165, 1.54) is 32.1 Å². The molecule has 1 saturated carbocycles. The highest BCUT2D eigenvalue weighted by molar-refractivity contribution is 5.28. The van der Waals surface area contributed by atoms with Gasteiger partial charge in [-0.1, -0.05) is 19.3 Å². The van der Waals surface area contributed by atoms with Crippen LogP contribution >= 0.6 is 0 Å². The Morgan fingerprint density at radius 1 is 1.25 bits per heavy atom. The molecule has 1 heterocycles. The smallest absolute Gasteiger partial charge is 0.157 e. The van der Waals surface area contributed by atoms with E-state index in [9.17, 15) is 5.11 Å². The van der Waals surface area contributed by atoms with Crippen LogP contribution in [0.15, 0.2) is 6.20 Å². The Labute approximate surface area is 97.5 Å². The van der Waals surface area contributed by atoms with Gasteiger partial charge in [-0.2, -0.15) is 5.10 Å². The molecule has 1 aliphatic carbocycles. The van der Waals surface area contributed by atoms with Crippen molar-refractivity contribution in [3.63, 3.8) is 0 Å². The molecule has 90 valence electrons. The van der Waals surface area contributed by atoms with E-state index in [0.717, 1.165) is 5.69 Å². The van der Waals surface area contributed by atoms with E-state index < -0.39 is 0 Å². The highest BCUT2D eigenvalue weighted by Crippen LogP contribution is 2.38. The Bertz CT molecular complexity index is 356. The second-order valence-corrected chi connectivity index (χ2v) is 5.83. The molecular formula is C13H22N2O. The van der Waals surface area contributed by atoms with Gasteiger partial charge < -0.3 is 5.11 Å². The third-order valence-electron chi connectivity index (χ3n) is 3.41. The molecule has 0 aliphatic heterocycles. The molecule has 0 atom stereocenters. The zero-order chi connectivity index (χ0) is 11.8. The van der Waals surface area contributed by atoms with Gasteiger partial charge in [-0.05, 0) is 33.6 Å². The first-order valence-electron chi connectivity index (χ1n) is 6.27. The lowest BCUT2D eigenvalue weighted by Gasteiger charge is -2.28. The van der Waals surface area contributed by atoms with Crippen molar-refractivity contribution in [1.29, 1.82) is 0 Å². The maximum Gasteiger partial charge on any atom is 0.157 e. The topological polar surface area (TPSA) is 38.0 Å². The van der Waals surface area contributed by atoms with Crippen LogP contribution in [0.2, 0.25) is 0 Å². The van der Waals surface area contributed by atoms with Crippen molar-refractivity contribution >= 4 is 0 Å². The number of aromatic hydroxyl groups is 1. The molecule has 1 N–H and O–H groups in total. The molecule has 3 nitrogen and oxygen atoms in total. The summed E-state index contributed by atoms with van der Waals surface area (Å²) < 4.78 is 2.00. The van der Waals surface area contributed by atoms with E-state index in [4.69, 9.17) is 0 Å². The van der Waals surface area contributed by atoms with Crippen molar-refractivity contribution in [2.75, 3.05) is 0 Å². The monoisotopic (exact) mass is 222 g/mol. The number of hydrogen-bond donors (Lipinski definition) is 1. The SMILES string of the molecule is CC(C)(C)n1ncc(O)c1C1CCCCC1. The second kappa shape index (κ2) is 4.11. The van der Waals surface area contributed by atoms with Crippen molar-refractivity contribution in [3.05, 3.63) is 11.9 Å². The quantitative estimate of drug-likeness (QED) is 0.791. The molecule has 1 aliphatic rings. The standard InChI is InChI=1S/C13H22N2O/c1-13(2,3)15-12(11(16)9-14-15)10-7-5-4-6-8-10/h9-10,16H,4-8H2,1-3H3. The van der Waals surface area contributed by atoms with E-state index in [1.54, 1.807) is 6.20 Å². The fourth-order valence-electron chi connectivity index (χ4n) is 2.64. The summed E-state index contributed by atoms with van der Waals surface area (Å²) in [6, 6.07) is 0. The summed E-state index contributed by atoms with van der Waals surface area (Å²) in [6.45, 7) is 6.39. The van der Waals surface area contributed by atoms with Gasteiger partial charge in [-0.3, -0.25) is 4.68 Å². The molecule has 0 saturated heterocycles. The first kappa shape index (κ1) is 11.5. The highest BCUT2D eigenvalue weighted by atomic mass is 16.3. The molecule has 0 bridgehead atoms. The normalized spacial score (nSPS) is 18.9. The molecule has 1 aromatic heterocycles. The maximum atomic E-state index is 9.96. The van der Waals surface area contributed by atoms with Crippen molar-refractivity contribution in [2.24, 2.45) is 0 Å². The molecule has 0 radical (unpaired) electrons. The Kier molecular flexibility index (Phi) is 2.96. The number of nitrogens with zero attached hydrogens (tertiary/aromatic N) is 2. The lowest BCUT2D eigenvalue weighted by Crippen LogP contribution is -2.27. The Hall–Kier alpha value is -0.990. The first-order chi connectivity index (χ1) is 7.50. The third-order valence-corrected chi connectivity index (χ3v) is 3.41. The van der Waals surface area contributed by atoms with E-state index in [-0.39, 0.29) is 5.54 Å². The third kappa shape index (κ3) is 2.08. The Morgan fingerprint density at radius 2 is 1.88 bits per heavy atom. The number of hydrogen-bond acceptors (Lipinski definition) is 2. The van der Waals surface area contributed by atoms with Gasteiger partial charge in [0.05, 0.1) is 17.4 Å². The number of rotatable bonds is 1. The van der Waals surface area contributed by atoms with Crippen LogP contribution in [-0.4, -0.2) is 14.9 Å². The van der Waals surface area contributed by atoms with Crippen LogP contribution in [0.5, 0.6) is 5.75 Å². The van der Waals surface area contributed by atoms with Gasteiger partial charge in [0.15, 0.2) is 5.75 Å². The fraction of sp³-hybridized carbons (Fsp3) is 0.769. The summed E-state index contributed by atoms with van der Waals surface area (Å²) in [5.41, 5.74) is 1.00. The lowest BCUT2D eigenvalue weighted by molar-refractivity contribution is 0.312. The van der Waals surface area contributed by atoms with E-state index >= 15 is 0 Å². The molecular weight excluding hydrogens is 200 g/mol. The molecule has 16 heavy (non-hydrogen) atoms. The van der Waals surface area contributed by atoms with Gasteiger partial charge in [-0.15, -0.1) is 0 Å². The summed E-state index contributed by atoms with van der Waals surface area (Å²) in [5, 5.41) is 14.3. The van der Waals surface area contributed by atoms with Crippen molar-refractivity contribution in [1.82, 2.24) is 9.78 Å². The zero-order valence-corrected chi connectivity index (χ0v) is 10.5. The largest absolute Gasteiger partial charge is 0.504 e. The predicted molar refractivity (Wildman–Crippen MR) is 64.7 cm³/mol. The Balaban J connectivity index is 2.34. The molecule has 1 aromatic rings. The molecule has 0 amide bonds. The first-order valence-corrected chi connectivity index (χ1v) is 6.27. The molecule has 0 unspecified atom stereocenters. The van der Waals surface area contributed by atoms with E-state index in [0.29, 0.717) is 11.7 Å². The minimum absolute atomic E-state index is 0.0479. The average molecular weight is 222 g/mol. The second-order valence-electron chi connectivity index (χ2n) is 5.83. The predicted octanol–water partition coefficient (Wildman–Crippen LogP) is 3.39. The molecule has 0 spiro atoms. The van der Waals surface area contributed by atoms with Crippen LogP contribution in [0.4, 0.5) is 0 Å². The van der Waals surface area contributed by atoms with Gasteiger partial charge in [0, 0.05) is 5.92 Å². The minimum Gasteiger partial charge on any atom is -0.504 e. The van der Waals surface area contributed by atoms with Crippen molar-refractivity contribution in [2.45, 2.75) is 64.3 Å². The molecule has 0 aromatic carbocycles. The van der Waals surface area contributed by atoms with Gasteiger partial charge in [0.1, 0.15) is 0 Å². The summed E-state index contributed by atoms with van der Waals surface area (Å²) in [7, 11) is 0. The van der Waals surface area contributed by atoms with E-state index in [2.05, 4.69) is 25.9 Å². The van der Waals surface area contributed by atoms with Crippen LogP contribution in [0.25, 0.3) is 0 Å². The van der Waals surface area contributed by atoms with Gasteiger partial charge in [0.2, 0.25) is 0 Å². The van der Waals surface area contributed by atoms with E-state index in [1.807, 2.05) is 4.68 Å². The zero-order valence-electron chi connectivity index (χ0n) is 10.5. The summed E-state index contributed by atoms with van der Waals surface area (Å²) in [5.74, 6) is 0.872.